The average molecular weight is 556 g/mol. The SMILES string of the molecule is CCc1nsc(N2CCN(C(=NC)NCc3csc(-c4ccccc4)n3)CC2)n1.I. The zero-order valence-corrected chi connectivity index (χ0v) is 21.1. The minimum Gasteiger partial charge on any atom is -0.351 e. The van der Waals surface area contributed by atoms with Crippen LogP contribution in [0.15, 0.2) is 40.7 Å². The number of benzene rings is 1. The van der Waals surface area contributed by atoms with Gasteiger partial charge in [0.05, 0.1) is 12.2 Å². The summed E-state index contributed by atoms with van der Waals surface area (Å²) in [5, 5.41) is 7.66. The molecule has 0 aliphatic carbocycles. The van der Waals surface area contributed by atoms with Gasteiger partial charge >= 0.3 is 0 Å². The van der Waals surface area contributed by atoms with E-state index in [4.69, 9.17) is 4.98 Å². The Morgan fingerprint density at radius 1 is 1.13 bits per heavy atom. The first-order chi connectivity index (χ1) is 14.3. The second-order valence-electron chi connectivity index (χ2n) is 6.73. The monoisotopic (exact) mass is 555 g/mol. The van der Waals surface area contributed by atoms with E-state index in [1.165, 1.54) is 11.5 Å². The van der Waals surface area contributed by atoms with E-state index in [1.807, 2.05) is 25.2 Å². The number of aryl methyl sites for hydroxylation is 1. The van der Waals surface area contributed by atoms with Crippen LogP contribution in [0, 0.1) is 0 Å². The first-order valence-electron chi connectivity index (χ1n) is 9.79. The van der Waals surface area contributed by atoms with Crippen LogP contribution in [0.3, 0.4) is 0 Å². The van der Waals surface area contributed by atoms with Gasteiger partial charge in [0.2, 0.25) is 5.13 Å². The van der Waals surface area contributed by atoms with Crippen molar-refractivity contribution in [1.29, 1.82) is 0 Å². The Labute approximate surface area is 202 Å². The number of nitrogens with zero attached hydrogens (tertiary/aromatic N) is 6. The molecule has 1 fully saturated rings. The highest BCUT2D eigenvalue weighted by molar-refractivity contribution is 14.0. The molecule has 0 atom stereocenters. The van der Waals surface area contributed by atoms with E-state index in [9.17, 15) is 0 Å². The van der Waals surface area contributed by atoms with E-state index in [0.717, 1.165) is 65.8 Å². The number of piperazine rings is 1. The summed E-state index contributed by atoms with van der Waals surface area (Å²) in [5.41, 5.74) is 2.20. The fourth-order valence-corrected chi connectivity index (χ4v) is 4.86. The third-order valence-electron chi connectivity index (χ3n) is 4.84. The van der Waals surface area contributed by atoms with E-state index in [0.29, 0.717) is 6.54 Å². The normalized spacial score (nSPS) is 14.5. The van der Waals surface area contributed by atoms with Crippen molar-refractivity contribution >= 4 is 57.9 Å². The maximum Gasteiger partial charge on any atom is 0.205 e. The van der Waals surface area contributed by atoms with Gasteiger partial charge in [-0.1, -0.05) is 37.3 Å². The Morgan fingerprint density at radius 2 is 1.90 bits per heavy atom. The molecule has 30 heavy (non-hydrogen) atoms. The van der Waals surface area contributed by atoms with Gasteiger partial charge in [-0.3, -0.25) is 4.99 Å². The number of aromatic nitrogens is 3. The number of aliphatic imine (C=N–C) groups is 1. The summed E-state index contributed by atoms with van der Waals surface area (Å²) in [6.07, 6.45) is 0.885. The maximum absolute atomic E-state index is 4.75. The minimum atomic E-state index is 0. The average Bonchev–Trinajstić information content (AvgIpc) is 3.45. The fourth-order valence-electron chi connectivity index (χ4n) is 3.23. The smallest absolute Gasteiger partial charge is 0.205 e. The molecule has 10 heteroatoms. The summed E-state index contributed by atoms with van der Waals surface area (Å²) in [4.78, 5) is 18.4. The quantitative estimate of drug-likeness (QED) is 0.294. The van der Waals surface area contributed by atoms with E-state index in [2.05, 4.69) is 53.9 Å². The lowest BCUT2D eigenvalue weighted by molar-refractivity contribution is 0.372. The Morgan fingerprint density at radius 3 is 2.57 bits per heavy atom. The predicted octanol–water partition coefficient (Wildman–Crippen LogP) is 3.74. The molecule has 1 aliphatic heterocycles. The summed E-state index contributed by atoms with van der Waals surface area (Å²) in [7, 11) is 1.84. The lowest BCUT2D eigenvalue weighted by atomic mass is 10.2. The summed E-state index contributed by atoms with van der Waals surface area (Å²) in [6, 6.07) is 10.3. The molecule has 4 rings (SSSR count). The van der Waals surface area contributed by atoms with Gasteiger partial charge in [-0.15, -0.1) is 35.3 Å². The van der Waals surface area contributed by atoms with Crippen molar-refractivity contribution in [2.45, 2.75) is 19.9 Å². The second-order valence-corrected chi connectivity index (χ2v) is 8.32. The van der Waals surface area contributed by atoms with E-state index < -0.39 is 0 Å². The highest BCUT2D eigenvalue weighted by Crippen LogP contribution is 2.23. The molecule has 0 saturated carbocycles. The molecule has 0 unspecified atom stereocenters. The number of nitrogens with one attached hydrogen (secondary N) is 1. The van der Waals surface area contributed by atoms with Crippen LogP contribution in [0.4, 0.5) is 5.13 Å². The van der Waals surface area contributed by atoms with Crippen LogP contribution in [0.2, 0.25) is 0 Å². The molecule has 7 nitrogen and oxygen atoms in total. The van der Waals surface area contributed by atoms with Crippen molar-refractivity contribution in [3.05, 3.63) is 47.2 Å². The van der Waals surface area contributed by atoms with Crippen LogP contribution >= 0.6 is 46.8 Å². The Kier molecular flexibility index (Phi) is 8.40. The summed E-state index contributed by atoms with van der Waals surface area (Å²) < 4.78 is 4.40. The highest BCUT2D eigenvalue weighted by Gasteiger charge is 2.22. The van der Waals surface area contributed by atoms with Crippen LogP contribution in [-0.4, -0.2) is 58.4 Å². The van der Waals surface area contributed by atoms with Crippen molar-refractivity contribution in [2.75, 3.05) is 38.1 Å². The molecule has 1 N–H and O–H groups in total. The molecule has 0 radical (unpaired) electrons. The molecule has 0 bridgehead atoms. The van der Waals surface area contributed by atoms with Crippen LogP contribution < -0.4 is 10.2 Å². The zero-order chi connectivity index (χ0) is 20.1. The van der Waals surface area contributed by atoms with Gasteiger partial charge in [-0.05, 0) is 0 Å². The summed E-state index contributed by atoms with van der Waals surface area (Å²) >= 11 is 3.17. The summed E-state index contributed by atoms with van der Waals surface area (Å²) in [5.74, 6) is 1.86. The molecule has 0 spiro atoms. The number of halogens is 1. The first-order valence-corrected chi connectivity index (χ1v) is 11.4. The molecule has 0 amide bonds. The standard InChI is InChI=1S/C20H25N7S2.HI/c1-3-17-24-20(29-25-17)27-11-9-26(10-12-27)19(21-2)22-13-16-14-28-18(23-16)15-7-5-4-6-8-15;/h4-8,14H,3,9-13H2,1-2H3,(H,21,22);1H. The molecule has 1 aromatic carbocycles. The zero-order valence-electron chi connectivity index (χ0n) is 17.1. The van der Waals surface area contributed by atoms with Gasteiger partial charge in [-0.2, -0.15) is 4.37 Å². The Hall–Kier alpha value is -1.79. The summed E-state index contributed by atoms with van der Waals surface area (Å²) in [6.45, 7) is 6.43. The number of rotatable bonds is 5. The van der Waals surface area contributed by atoms with Gasteiger partial charge < -0.3 is 15.1 Å². The van der Waals surface area contributed by atoms with Crippen molar-refractivity contribution in [2.24, 2.45) is 4.99 Å². The second kappa shape index (κ2) is 11.0. The topological polar surface area (TPSA) is 69.5 Å². The number of thiazole rings is 1. The number of anilines is 1. The first kappa shape index (κ1) is 22.9. The van der Waals surface area contributed by atoms with Gasteiger partial charge in [0.25, 0.3) is 0 Å². The van der Waals surface area contributed by atoms with E-state index >= 15 is 0 Å². The molecule has 3 aromatic rings. The molecule has 160 valence electrons. The third kappa shape index (κ3) is 5.46. The van der Waals surface area contributed by atoms with E-state index in [1.54, 1.807) is 11.3 Å². The molecular formula is C20H26IN7S2. The van der Waals surface area contributed by atoms with Crippen molar-refractivity contribution < 1.29 is 0 Å². The third-order valence-corrected chi connectivity index (χ3v) is 6.59. The van der Waals surface area contributed by atoms with Crippen LogP contribution in [0.5, 0.6) is 0 Å². The number of hydrogen-bond acceptors (Lipinski definition) is 7. The maximum atomic E-state index is 4.75. The lowest BCUT2D eigenvalue weighted by Crippen LogP contribution is -2.52. The lowest BCUT2D eigenvalue weighted by Gasteiger charge is -2.36. The largest absolute Gasteiger partial charge is 0.351 e. The van der Waals surface area contributed by atoms with Crippen molar-refractivity contribution in [1.82, 2.24) is 24.6 Å². The van der Waals surface area contributed by atoms with Gasteiger partial charge in [0, 0.05) is 62.1 Å². The van der Waals surface area contributed by atoms with Crippen molar-refractivity contribution in [3.63, 3.8) is 0 Å². The van der Waals surface area contributed by atoms with Crippen molar-refractivity contribution in [3.8, 4) is 10.6 Å². The van der Waals surface area contributed by atoms with Gasteiger partial charge in [0.15, 0.2) is 5.96 Å². The van der Waals surface area contributed by atoms with Crippen LogP contribution in [0.1, 0.15) is 18.4 Å². The predicted molar refractivity (Wildman–Crippen MR) is 136 cm³/mol. The van der Waals surface area contributed by atoms with Gasteiger partial charge in [-0.25, -0.2) is 9.97 Å². The molecule has 1 saturated heterocycles. The minimum absolute atomic E-state index is 0. The molecule has 3 heterocycles. The number of guanidine groups is 1. The Bertz CT molecular complexity index is 949. The fraction of sp³-hybridized carbons (Fsp3) is 0.400. The molecule has 1 aliphatic rings. The van der Waals surface area contributed by atoms with E-state index in [-0.39, 0.29) is 24.0 Å². The molecular weight excluding hydrogens is 529 g/mol. The Balaban J connectivity index is 0.00000256. The van der Waals surface area contributed by atoms with Crippen LogP contribution in [-0.2, 0) is 13.0 Å². The highest BCUT2D eigenvalue weighted by atomic mass is 127. The van der Waals surface area contributed by atoms with Crippen LogP contribution in [0.25, 0.3) is 10.6 Å². The van der Waals surface area contributed by atoms with Gasteiger partial charge in [0.1, 0.15) is 10.8 Å². The number of hydrogen-bond donors (Lipinski definition) is 1. The molecule has 2 aromatic heterocycles.